The zero-order valence-corrected chi connectivity index (χ0v) is 18.5. The van der Waals surface area contributed by atoms with Crippen molar-refractivity contribution in [1.82, 2.24) is 9.88 Å². The Bertz CT molecular complexity index is 931. The first-order chi connectivity index (χ1) is 12.9. The van der Waals surface area contributed by atoms with Crippen molar-refractivity contribution in [2.24, 2.45) is 0 Å². The predicted octanol–water partition coefficient (Wildman–Crippen LogP) is 4.85. The van der Waals surface area contributed by atoms with Gasteiger partial charge in [0.15, 0.2) is 5.13 Å². The molecule has 150 valence electrons. The Kier molecular flexibility index (Phi) is 8.24. The summed E-state index contributed by atoms with van der Waals surface area (Å²) in [6, 6.07) is 12.3. The predicted molar refractivity (Wildman–Crippen MR) is 120 cm³/mol. The Hall–Kier alpha value is -1.67. The number of halogens is 2. The molecule has 2 aromatic carbocycles. The minimum absolute atomic E-state index is 0. The number of hydrogen-bond acceptors (Lipinski definition) is 5. The maximum atomic E-state index is 13.0. The van der Waals surface area contributed by atoms with Gasteiger partial charge in [-0.15, -0.1) is 24.2 Å². The highest BCUT2D eigenvalue weighted by Gasteiger charge is 2.20. The van der Waals surface area contributed by atoms with Crippen molar-refractivity contribution in [3.8, 4) is 0 Å². The van der Waals surface area contributed by atoms with Crippen LogP contribution in [0.3, 0.4) is 0 Å². The number of thioether (sulfide) groups is 1. The molecule has 8 heteroatoms. The largest absolute Gasteiger partial charge is 0.308 e. The van der Waals surface area contributed by atoms with E-state index >= 15 is 0 Å². The summed E-state index contributed by atoms with van der Waals surface area (Å²) in [6.45, 7) is 3.38. The van der Waals surface area contributed by atoms with Gasteiger partial charge in [-0.2, -0.15) is 0 Å². The van der Waals surface area contributed by atoms with Crippen molar-refractivity contribution in [2.45, 2.75) is 11.8 Å². The Morgan fingerprint density at radius 1 is 1.14 bits per heavy atom. The van der Waals surface area contributed by atoms with Crippen molar-refractivity contribution in [2.75, 3.05) is 37.8 Å². The zero-order valence-electron chi connectivity index (χ0n) is 16.0. The molecule has 1 heterocycles. The number of carbonyl (C=O) groups is 1. The van der Waals surface area contributed by atoms with E-state index < -0.39 is 0 Å². The van der Waals surface area contributed by atoms with E-state index in [9.17, 15) is 9.18 Å². The van der Waals surface area contributed by atoms with Crippen LogP contribution in [0.1, 0.15) is 5.56 Å². The maximum Gasteiger partial charge on any atom is 0.239 e. The van der Waals surface area contributed by atoms with E-state index in [1.54, 1.807) is 17.0 Å². The highest BCUT2D eigenvalue weighted by Crippen LogP contribution is 2.30. The van der Waals surface area contributed by atoms with Gasteiger partial charge < -0.3 is 4.90 Å². The van der Waals surface area contributed by atoms with Gasteiger partial charge in [0.1, 0.15) is 5.82 Å². The molecule has 4 nitrogen and oxygen atoms in total. The fourth-order valence-electron chi connectivity index (χ4n) is 2.52. The zero-order chi connectivity index (χ0) is 19.4. The standard InChI is InChI=1S/C20H22FN3OS2.ClH/c1-14-4-9-17-18(12-14)27-20(22-17)24(11-10-23(2)3)19(25)13-26-16-7-5-15(21)6-8-16;/h4-9,12H,10-11,13H2,1-3H3;1H. The lowest BCUT2D eigenvalue weighted by Crippen LogP contribution is -2.37. The molecule has 0 spiro atoms. The molecule has 0 atom stereocenters. The molecule has 1 amide bonds. The van der Waals surface area contributed by atoms with Crippen LogP contribution in [0.15, 0.2) is 47.4 Å². The molecule has 0 aliphatic carbocycles. The number of likely N-dealkylation sites (N-methyl/N-ethyl adjacent to an activating group) is 1. The Morgan fingerprint density at radius 3 is 2.54 bits per heavy atom. The number of anilines is 1. The highest BCUT2D eigenvalue weighted by atomic mass is 35.5. The van der Waals surface area contributed by atoms with Gasteiger partial charge in [0.05, 0.1) is 16.0 Å². The molecule has 0 aliphatic heterocycles. The molecule has 0 unspecified atom stereocenters. The normalized spacial score (nSPS) is 10.9. The Labute approximate surface area is 179 Å². The van der Waals surface area contributed by atoms with Crippen molar-refractivity contribution in [1.29, 1.82) is 0 Å². The first kappa shape index (κ1) is 22.6. The van der Waals surface area contributed by atoms with Crippen LogP contribution in [0.5, 0.6) is 0 Å². The molecular weight excluding hydrogens is 417 g/mol. The molecule has 1 aromatic heterocycles. The van der Waals surface area contributed by atoms with Crippen LogP contribution >= 0.6 is 35.5 Å². The molecule has 0 saturated carbocycles. The van der Waals surface area contributed by atoms with Crippen molar-refractivity contribution >= 4 is 56.8 Å². The number of fused-ring (bicyclic) bond motifs is 1. The molecular formula is C20H23ClFN3OS2. The minimum atomic E-state index is -0.275. The lowest BCUT2D eigenvalue weighted by molar-refractivity contribution is -0.116. The van der Waals surface area contributed by atoms with E-state index in [0.717, 1.165) is 26.8 Å². The number of carbonyl (C=O) groups excluding carboxylic acids is 1. The summed E-state index contributed by atoms with van der Waals surface area (Å²) in [5, 5.41) is 0.724. The van der Waals surface area contributed by atoms with E-state index in [-0.39, 0.29) is 29.9 Å². The molecule has 28 heavy (non-hydrogen) atoms. The topological polar surface area (TPSA) is 36.4 Å². The number of amides is 1. The van der Waals surface area contributed by atoms with Gasteiger partial charge in [0.2, 0.25) is 5.91 Å². The average Bonchev–Trinajstić information content (AvgIpc) is 3.03. The number of thiazole rings is 1. The van der Waals surface area contributed by atoms with Gasteiger partial charge in [-0.05, 0) is 63.0 Å². The van der Waals surface area contributed by atoms with E-state index in [1.807, 2.05) is 38.1 Å². The van der Waals surface area contributed by atoms with E-state index in [0.29, 0.717) is 6.54 Å². The molecule has 0 fully saturated rings. The van der Waals surface area contributed by atoms with Gasteiger partial charge in [-0.25, -0.2) is 9.37 Å². The van der Waals surface area contributed by atoms with Crippen LogP contribution in [-0.2, 0) is 4.79 Å². The second-order valence-corrected chi connectivity index (χ2v) is 8.62. The fourth-order valence-corrected chi connectivity index (χ4v) is 4.40. The second-order valence-electron chi connectivity index (χ2n) is 6.56. The highest BCUT2D eigenvalue weighted by molar-refractivity contribution is 8.00. The van der Waals surface area contributed by atoms with Crippen molar-refractivity contribution < 1.29 is 9.18 Å². The maximum absolute atomic E-state index is 13.0. The van der Waals surface area contributed by atoms with Gasteiger partial charge >= 0.3 is 0 Å². The van der Waals surface area contributed by atoms with Crippen LogP contribution in [-0.4, -0.2) is 48.7 Å². The average molecular weight is 440 g/mol. The summed E-state index contributed by atoms with van der Waals surface area (Å²) in [6.07, 6.45) is 0. The fraction of sp³-hybridized carbons (Fsp3) is 0.300. The number of aromatic nitrogens is 1. The Morgan fingerprint density at radius 2 is 1.86 bits per heavy atom. The number of benzene rings is 2. The van der Waals surface area contributed by atoms with Crippen LogP contribution in [0.2, 0.25) is 0 Å². The van der Waals surface area contributed by atoms with Crippen LogP contribution in [0.4, 0.5) is 9.52 Å². The molecule has 3 rings (SSSR count). The van der Waals surface area contributed by atoms with Gasteiger partial charge in [0.25, 0.3) is 0 Å². The van der Waals surface area contributed by atoms with Crippen molar-refractivity contribution in [3.05, 3.63) is 53.8 Å². The summed E-state index contributed by atoms with van der Waals surface area (Å²) >= 11 is 2.95. The summed E-state index contributed by atoms with van der Waals surface area (Å²) in [5.74, 6) is 0.0126. The number of rotatable bonds is 7. The third-order valence-corrected chi connectivity index (χ3v) is 6.05. The first-order valence-corrected chi connectivity index (χ1v) is 10.4. The Balaban J connectivity index is 0.00000280. The molecule has 0 bridgehead atoms. The minimum Gasteiger partial charge on any atom is -0.308 e. The second kappa shape index (κ2) is 10.2. The number of aryl methyl sites for hydroxylation is 1. The van der Waals surface area contributed by atoms with Crippen molar-refractivity contribution in [3.63, 3.8) is 0 Å². The SMILES string of the molecule is Cc1ccc2nc(N(CCN(C)C)C(=O)CSc3ccc(F)cc3)sc2c1.Cl. The lowest BCUT2D eigenvalue weighted by atomic mass is 10.2. The first-order valence-electron chi connectivity index (χ1n) is 8.63. The van der Waals surface area contributed by atoms with Crippen LogP contribution in [0, 0.1) is 12.7 Å². The molecule has 0 aliphatic rings. The molecule has 0 saturated heterocycles. The lowest BCUT2D eigenvalue weighted by Gasteiger charge is -2.21. The summed E-state index contributed by atoms with van der Waals surface area (Å²) < 4.78 is 14.1. The molecule has 3 aromatic rings. The van der Waals surface area contributed by atoms with Gasteiger partial charge in [-0.1, -0.05) is 17.4 Å². The van der Waals surface area contributed by atoms with Gasteiger partial charge in [0, 0.05) is 18.0 Å². The number of hydrogen-bond donors (Lipinski definition) is 0. The summed E-state index contributed by atoms with van der Waals surface area (Å²) in [4.78, 5) is 22.3. The third-order valence-electron chi connectivity index (χ3n) is 4.01. The van der Waals surface area contributed by atoms with E-state index in [2.05, 4.69) is 11.1 Å². The van der Waals surface area contributed by atoms with Gasteiger partial charge in [-0.3, -0.25) is 9.69 Å². The van der Waals surface area contributed by atoms with Crippen LogP contribution < -0.4 is 4.90 Å². The monoisotopic (exact) mass is 439 g/mol. The quantitative estimate of drug-likeness (QED) is 0.493. The van der Waals surface area contributed by atoms with E-state index in [4.69, 9.17) is 0 Å². The molecule has 0 radical (unpaired) electrons. The summed E-state index contributed by atoms with van der Waals surface area (Å²) in [5.41, 5.74) is 2.09. The van der Waals surface area contributed by atoms with Crippen LogP contribution in [0.25, 0.3) is 10.2 Å². The summed E-state index contributed by atoms with van der Waals surface area (Å²) in [7, 11) is 3.97. The smallest absolute Gasteiger partial charge is 0.239 e. The number of nitrogens with zero attached hydrogens (tertiary/aromatic N) is 3. The molecule has 0 N–H and O–H groups in total. The third kappa shape index (κ3) is 5.91. The van der Waals surface area contributed by atoms with E-state index in [1.165, 1.54) is 40.8 Å².